The van der Waals surface area contributed by atoms with Gasteiger partial charge in [-0.2, -0.15) is 5.26 Å². The summed E-state index contributed by atoms with van der Waals surface area (Å²) < 4.78 is 18.8. The Morgan fingerprint density at radius 3 is 2.65 bits per heavy atom. The van der Waals surface area contributed by atoms with E-state index >= 15 is 0 Å². The maximum absolute atomic E-state index is 13.6. The van der Waals surface area contributed by atoms with E-state index in [1.54, 1.807) is 20.8 Å². The summed E-state index contributed by atoms with van der Waals surface area (Å²) in [5, 5.41) is 23.3. The number of methoxy groups -OCH3 is 1. The molecule has 1 aliphatic rings. The summed E-state index contributed by atoms with van der Waals surface area (Å²) in [6, 6.07) is 5.37. The molecular weight excluding hydrogens is 359 g/mol. The third-order valence-corrected chi connectivity index (χ3v) is 5.52. The van der Waals surface area contributed by atoms with Gasteiger partial charge in [0.1, 0.15) is 11.2 Å². The summed E-state index contributed by atoms with van der Waals surface area (Å²) in [7, 11) is 1.49. The number of rotatable bonds is 5. The van der Waals surface area contributed by atoms with Crippen LogP contribution in [0.15, 0.2) is 29.5 Å². The highest BCUT2D eigenvalue weighted by Crippen LogP contribution is 2.53. The molecule has 3 atom stereocenters. The average molecular weight is 381 g/mol. The number of hydrogen-bond acceptors (Lipinski definition) is 4. The smallest absolute Gasteiger partial charge is 0.313 e. The Bertz CT molecular complexity index is 787. The van der Waals surface area contributed by atoms with E-state index in [1.165, 1.54) is 19.2 Å². The van der Waals surface area contributed by atoms with Crippen molar-refractivity contribution in [3.63, 3.8) is 0 Å². The molecule has 0 aromatic heterocycles. The molecule has 0 fully saturated rings. The van der Waals surface area contributed by atoms with E-state index in [0.717, 1.165) is 6.07 Å². The number of hydrogen-bond donors (Lipinski definition) is 2. The zero-order valence-corrected chi connectivity index (χ0v) is 15.9. The Labute approximate surface area is 157 Å². The van der Waals surface area contributed by atoms with E-state index in [2.05, 4.69) is 11.4 Å². The first-order valence-electron chi connectivity index (χ1n) is 8.26. The van der Waals surface area contributed by atoms with Crippen LogP contribution in [-0.2, 0) is 9.53 Å². The Morgan fingerprint density at radius 2 is 2.19 bits per heavy atom. The molecule has 2 rings (SSSR count). The Hall–Kier alpha value is -2.10. The number of benzene rings is 1. The van der Waals surface area contributed by atoms with Crippen LogP contribution < -0.4 is 5.32 Å². The molecule has 2 N–H and O–H groups in total. The summed E-state index contributed by atoms with van der Waals surface area (Å²) in [4.78, 5) is 12.6. The normalized spacial score (nSPS) is 25.8. The second kappa shape index (κ2) is 7.65. The maximum Gasteiger partial charge on any atom is 0.313 e. The van der Waals surface area contributed by atoms with Gasteiger partial charge in [0.05, 0.1) is 24.3 Å². The van der Waals surface area contributed by atoms with Crippen LogP contribution in [0.4, 0.5) is 4.39 Å². The number of nitriles is 1. The monoisotopic (exact) mass is 380 g/mol. The first-order valence-corrected chi connectivity index (χ1v) is 8.64. The fourth-order valence-electron chi connectivity index (χ4n) is 4.01. The van der Waals surface area contributed by atoms with Crippen LogP contribution in [0, 0.1) is 28.5 Å². The number of nitrogens with one attached hydrogen (secondary N) is 1. The minimum atomic E-state index is -1.40. The first-order chi connectivity index (χ1) is 12.2. The summed E-state index contributed by atoms with van der Waals surface area (Å²) in [6.07, 6.45) is 0. The van der Waals surface area contributed by atoms with Gasteiger partial charge in [0, 0.05) is 23.7 Å². The zero-order valence-electron chi connectivity index (χ0n) is 15.1. The summed E-state index contributed by atoms with van der Waals surface area (Å²) in [5.41, 5.74) is -0.135. The third kappa shape index (κ3) is 3.06. The molecule has 1 heterocycles. The molecule has 0 saturated carbocycles. The molecule has 0 spiro atoms. The van der Waals surface area contributed by atoms with Crippen LogP contribution >= 0.6 is 11.6 Å². The third-order valence-electron chi connectivity index (χ3n) is 5.19. The van der Waals surface area contributed by atoms with Crippen molar-refractivity contribution >= 4 is 17.6 Å². The fraction of sp³-hybridized carbons (Fsp3) is 0.474. The predicted molar refractivity (Wildman–Crippen MR) is 96.2 cm³/mol. The van der Waals surface area contributed by atoms with Gasteiger partial charge in [0.15, 0.2) is 0 Å². The molecule has 0 bridgehead atoms. The molecule has 7 heteroatoms. The number of aliphatic carboxylic acids is 1. The molecule has 0 amide bonds. The van der Waals surface area contributed by atoms with Crippen molar-refractivity contribution in [3.05, 3.63) is 45.9 Å². The topological polar surface area (TPSA) is 82.3 Å². The van der Waals surface area contributed by atoms with Gasteiger partial charge in [-0.15, -0.1) is 0 Å². The number of allylic oxidation sites excluding steroid dienone is 2. The van der Waals surface area contributed by atoms with E-state index in [9.17, 15) is 19.6 Å². The molecule has 0 radical (unpaired) electrons. The van der Waals surface area contributed by atoms with E-state index in [0.29, 0.717) is 11.3 Å². The van der Waals surface area contributed by atoms with Gasteiger partial charge in [-0.1, -0.05) is 31.5 Å². The lowest BCUT2D eigenvalue weighted by molar-refractivity contribution is -0.157. The zero-order chi connectivity index (χ0) is 19.6. The Morgan fingerprint density at radius 1 is 1.54 bits per heavy atom. The number of nitrogens with zero attached hydrogens (tertiary/aromatic N) is 1. The highest BCUT2D eigenvalue weighted by molar-refractivity contribution is 6.31. The van der Waals surface area contributed by atoms with Crippen LogP contribution in [0.2, 0.25) is 5.02 Å². The van der Waals surface area contributed by atoms with E-state index in [-0.39, 0.29) is 23.1 Å². The van der Waals surface area contributed by atoms with Crippen molar-refractivity contribution in [2.75, 3.05) is 13.7 Å². The lowest BCUT2D eigenvalue weighted by Crippen LogP contribution is -2.61. The first kappa shape index (κ1) is 20.2. The molecular formula is C19H22ClFN2O3. The molecule has 0 saturated heterocycles. The van der Waals surface area contributed by atoms with Crippen molar-refractivity contribution < 1.29 is 19.0 Å². The summed E-state index contributed by atoms with van der Waals surface area (Å²) in [5.74, 6) is -2.78. The lowest BCUT2D eigenvalue weighted by Gasteiger charge is -2.50. The van der Waals surface area contributed by atoms with Crippen molar-refractivity contribution in [1.29, 1.82) is 5.26 Å². The van der Waals surface area contributed by atoms with Gasteiger partial charge in [0.25, 0.3) is 0 Å². The minimum absolute atomic E-state index is 0.0971. The van der Waals surface area contributed by atoms with E-state index in [1.807, 2.05) is 0 Å². The van der Waals surface area contributed by atoms with E-state index < -0.39 is 29.2 Å². The van der Waals surface area contributed by atoms with Crippen LogP contribution in [0.1, 0.15) is 32.3 Å². The maximum atomic E-state index is 13.6. The lowest BCUT2D eigenvalue weighted by atomic mass is 9.57. The van der Waals surface area contributed by atoms with Gasteiger partial charge >= 0.3 is 5.97 Å². The van der Waals surface area contributed by atoms with Crippen LogP contribution in [0.5, 0.6) is 0 Å². The fourth-order valence-corrected chi connectivity index (χ4v) is 4.29. The molecule has 26 heavy (non-hydrogen) atoms. The van der Waals surface area contributed by atoms with Crippen molar-refractivity contribution in [2.45, 2.75) is 32.7 Å². The van der Waals surface area contributed by atoms with Gasteiger partial charge in [0.2, 0.25) is 0 Å². The highest BCUT2D eigenvalue weighted by Gasteiger charge is 2.59. The molecule has 0 aliphatic carbocycles. The SMILES string of the molecule is COCC1NC(C)=C(C#N)C(c2ccc(F)cc2Cl)C1(C(=O)O)C(C)C. The predicted octanol–water partition coefficient (Wildman–Crippen LogP) is 3.71. The molecule has 3 unspecified atom stereocenters. The Balaban J connectivity index is 2.88. The van der Waals surface area contributed by atoms with Gasteiger partial charge in [-0.25, -0.2) is 4.39 Å². The molecule has 5 nitrogen and oxygen atoms in total. The second-order valence-electron chi connectivity index (χ2n) is 6.79. The molecule has 1 aromatic carbocycles. The van der Waals surface area contributed by atoms with Gasteiger partial charge in [-0.3, -0.25) is 4.79 Å². The van der Waals surface area contributed by atoms with Crippen molar-refractivity contribution in [1.82, 2.24) is 5.32 Å². The van der Waals surface area contributed by atoms with Gasteiger partial charge in [-0.05, 0) is 30.5 Å². The quantitative estimate of drug-likeness (QED) is 0.813. The minimum Gasteiger partial charge on any atom is -0.481 e. The molecule has 1 aromatic rings. The Kier molecular flexibility index (Phi) is 5.94. The van der Waals surface area contributed by atoms with E-state index in [4.69, 9.17) is 16.3 Å². The summed E-state index contributed by atoms with van der Waals surface area (Å²) >= 11 is 6.28. The number of halogens is 2. The van der Waals surface area contributed by atoms with Crippen LogP contribution in [0.25, 0.3) is 0 Å². The van der Waals surface area contributed by atoms with Crippen LogP contribution in [-0.4, -0.2) is 30.8 Å². The molecule has 140 valence electrons. The molecule has 1 aliphatic heterocycles. The summed E-state index contributed by atoms with van der Waals surface area (Å²) in [6.45, 7) is 5.44. The largest absolute Gasteiger partial charge is 0.481 e. The van der Waals surface area contributed by atoms with Gasteiger partial charge < -0.3 is 15.2 Å². The number of carboxylic acid groups (broad SMARTS) is 1. The number of ether oxygens (including phenoxy) is 1. The van der Waals surface area contributed by atoms with Crippen molar-refractivity contribution in [2.24, 2.45) is 11.3 Å². The van der Waals surface area contributed by atoms with Crippen molar-refractivity contribution in [3.8, 4) is 6.07 Å². The standard InChI is InChI=1S/C19H22ClFN2O3/c1-10(2)19(18(24)25)16(9-26-4)23-11(3)14(8-22)17(19)13-6-5-12(21)7-15(13)20/h5-7,10,16-17,23H,9H2,1-4H3,(H,24,25). The van der Waals surface area contributed by atoms with Crippen LogP contribution in [0.3, 0.4) is 0 Å². The second-order valence-corrected chi connectivity index (χ2v) is 7.20. The number of carboxylic acids is 1. The highest BCUT2D eigenvalue weighted by atomic mass is 35.5. The average Bonchev–Trinajstić information content (AvgIpc) is 2.54. The number of carbonyl (C=O) groups is 1.